The lowest BCUT2D eigenvalue weighted by Crippen LogP contribution is -2.32. The highest BCUT2D eigenvalue weighted by Gasteiger charge is 2.15. The van der Waals surface area contributed by atoms with Crippen LogP contribution in [0, 0.1) is 0 Å². The van der Waals surface area contributed by atoms with E-state index in [9.17, 15) is 9.59 Å². The van der Waals surface area contributed by atoms with Crippen LogP contribution in [0.3, 0.4) is 0 Å². The molecule has 0 spiro atoms. The minimum absolute atomic E-state index is 0.169. The van der Waals surface area contributed by atoms with Gasteiger partial charge in [0.25, 0.3) is 5.91 Å². The molecule has 2 aromatic heterocycles. The van der Waals surface area contributed by atoms with Crippen molar-refractivity contribution >= 4 is 57.4 Å². The first-order valence-corrected chi connectivity index (χ1v) is 15.7. The lowest BCUT2D eigenvalue weighted by Gasteiger charge is -2.07. The van der Waals surface area contributed by atoms with Crippen molar-refractivity contribution in [3.8, 4) is 11.3 Å². The van der Waals surface area contributed by atoms with E-state index in [1.54, 1.807) is 16.2 Å². The number of thiazole rings is 1. The Morgan fingerprint density at radius 2 is 1.88 bits per heavy atom. The van der Waals surface area contributed by atoms with Crippen LogP contribution in [0.4, 0.5) is 5.13 Å². The van der Waals surface area contributed by atoms with Gasteiger partial charge in [-0.1, -0.05) is 80.8 Å². The Kier molecular flexibility index (Phi) is 14.2. The number of carbonyl (C=O) groups excluding carboxylic acids is 2. The maximum Gasteiger partial charge on any atom is 0.253 e. The molecular formula is C32H41ClN4O2S2. The third-order valence-corrected chi connectivity index (χ3v) is 7.46. The van der Waals surface area contributed by atoms with Crippen LogP contribution in [0.25, 0.3) is 16.8 Å². The molecule has 9 heteroatoms. The topological polar surface area (TPSA) is 76.0 Å². The molecule has 0 aliphatic carbocycles. The predicted octanol–water partition coefficient (Wildman–Crippen LogP) is 9.27. The number of halogens is 1. The minimum atomic E-state index is -0.361. The number of hydrogen-bond acceptors (Lipinski definition) is 5. The second-order valence-corrected chi connectivity index (χ2v) is 12.8. The monoisotopic (exact) mass is 612 g/mol. The summed E-state index contributed by atoms with van der Waals surface area (Å²) in [7, 11) is 0. The van der Waals surface area contributed by atoms with Crippen LogP contribution >= 0.6 is 34.9 Å². The van der Waals surface area contributed by atoms with Crippen molar-refractivity contribution in [2.45, 2.75) is 66.6 Å². The van der Waals surface area contributed by atoms with Gasteiger partial charge < -0.3 is 10.6 Å². The molecule has 220 valence electrons. The van der Waals surface area contributed by atoms with Gasteiger partial charge in [0, 0.05) is 22.4 Å². The number of amides is 2. The molecule has 2 heterocycles. The van der Waals surface area contributed by atoms with Gasteiger partial charge in [0.15, 0.2) is 5.13 Å². The molecule has 2 amide bonds. The standard InChI is InChI=1S/C28H33ClN4O2S2.C4H8/c1-6-9-20(12-19(5)7-2)21-10-8-11-22(13-21)24-17-36-28(31-24)32-26(34)15-30-27(35)23-14-25(29)33(16-23)37-18(3)4;1-4(2)3/h8-14,16-18H,6-7,15H2,1-5H3,(H,30,35)(H,31,32,34);1H2,2-3H3/b19-12-,20-9-;. The van der Waals surface area contributed by atoms with E-state index in [0.29, 0.717) is 21.1 Å². The Balaban J connectivity index is 0.00000138. The second kappa shape index (κ2) is 17.0. The van der Waals surface area contributed by atoms with Gasteiger partial charge in [-0.15, -0.1) is 17.9 Å². The van der Waals surface area contributed by atoms with E-state index >= 15 is 0 Å². The van der Waals surface area contributed by atoms with Crippen LogP contribution in [-0.2, 0) is 4.79 Å². The molecule has 41 heavy (non-hydrogen) atoms. The van der Waals surface area contributed by atoms with Gasteiger partial charge in [-0.25, -0.2) is 4.98 Å². The molecule has 0 unspecified atom stereocenters. The van der Waals surface area contributed by atoms with Gasteiger partial charge in [0.05, 0.1) is 17.8 Å². The van der Waals surface area contributed by atoms with Gasteiger partial charge in [-0.3, -0.25) is 13.6 Å². The van der Waals surface area contributed by atoms with Gasteiger partial charge >= 0.3 is 0 Å². The third kappa shape index (κ3) is 11.7. The minimum Gasteiger partial charge on any atom is -0.343 e. The first-order valence-electron chi connectivity index (χ1n) is 13.6. The predicted molar refractivity (Wildman–Crippen MR) is 179 cm³/mol. The molecule has 0 saturated heterocycles. The zero-order valence-corrected chi connectivity index (χ0v) is 27.4. The maximum atomic E-state index is 12.5. The molecule has 0 fully saturated rings. The molecule has 0 aliphatic heterocycles. The van der Waals surface area contributed by atoms with Crippen LogP contribution in [0.5, 0.6) is 0 Å². The van der Waals surface area contributed by atoms with E-state index in [1.165, 1.54) is 40.0 Å². The molecular weight excluding hydrogens is 572 g/mol. The van der Waals surface area contributed by atoms with Gasteiger partial charge in [0.1, 0.15) is 5.15 Å². The van der Waals surface area contributed by atoms with Crippen molar-refractivity contribution in [3.05, 3.63) is 88.1 Å². The molecule has 6 nitrogen and oxygen atoms in total. The number of aromatic nitrogens is 2. The number of nitrogens with zero attached hydrogens (tertiary/aromatic N) is 2. The van der Waals surface area contributed by atoms with Crippen molar-refractivity contribution < 1.29 is 9.59 Å². The number of allylic oxidation sites excluding steroid dienone is 5. The summed E-state index contributed by atoms with van der Waals surface area (Å²) in [5.74, 6) is -0.710. The maximum absolute atomic E-state index is 12.5. The number of anilines is 1. The summed E-state index contributed by atoms with van der Waals surface area (Å²) in [5.41, 5.74) is 7.00. The van der Waals surface area contributed by atoms with Crippen LogP contribution in [-0.4, -0.2) is 32.6 Å². The van der Waals surface area contributed by atoms with Crippen LogP contribution in [0.2, 0.25) is 5.15 Å². The van der Waals surface area contributed by atoms with Crippen molar-refractivity contribution in [1.82, 2.24) is 14.3 Å². The van der Waals surface area contributed by atoms with Gasteiger partial charge in [-0.2, -0.15) is 0 Å². The Morgan fingerprint density at radius 3 is 2.51 bits per heavy atom. The summed E-state index contributed by atoms with van der Waals surface area (Å²) >= 11 is 9.06. The Morgan fingerprint density at radius 1 is 1.17 bits per heavy atom. The Bertz CT molecular complexity index is 1400. The highest BCUT2D eigenvalue weighted by Crippen LogP contribution is 2.29. The fraction of sp³-hybridized carbons (Fsp3) is 0.344. The summed E-state index contributed by atoms with van der Waals surface area (Å²) in [6.07, 6.45) is 8.09. The first kappa shape index (κ1) is 34.1. The highest BCUT2D eigenvalue weighted by molar-refractivity contribution is 7.98. The molecule has 0 saturated carbocycles. The SMILES string of the molecule is C=C(C)C.CC/C=C(/C=C(/C)CC)c1cccc(-c2csc(NC(=O)CNC(=O)c3cc(Cl)n(SC(C)C)c3)n2)c1. The van der Waals surface area contributed by atoms with Crippen molar-refractivity contribution in [1.29, 1.82) is 0 Å². The number of rotatable bonds is 11. The van der Waals surface area contributed by atoms with Gasteiger partial charge in [-0.05, 0) is 68.8 Å². The van der Waals surface area contributed by atoms with E-state index in [2.05, 4.69) is 67.3 Å². The zero-order valence-electron chi connectivity index (χ0n) is 25.0. The van der Waals surface area contributed by atoms with E-state index in [-0.39, 0.29) is 18.4 Å². The van der Waals surface area contributed by atoms with Crippen LogP contribution in [0.15, 0.2) is 71.8 Å². The van der Waals surface area contributed by atoms with Gasteiger partial charge in [0.2, 0.25) is 5.91 Å². The van der Waals surface area contributed by atoms with E-state index in [0.717, 1.165) is 29.7 Å². The lowest BCUT2D eigenvalue weighted by molar-refractivity contribution is -0.115. The smallest absolute Gasteiger partial charge is 0.253 e. The molecule has 0 aliphatic rings. The van der Waals surface area contributed by atoms with Crippen LogP contribution < -0.4 is 10.6 Å². The number of nitrogens with one attached hydrogen (secondary N) is 2. The molecule has 1 aromatic carbocycles. The lowest BCUT2D eigenvalue weighted by atomic mass is 9.99. The first-order chi connectivity index (χ1) is 19.4. The summed E-state index contributed by atoms with van der Waals surface area (Å²) in [6.45, 7) is 17.8. The molecule has 3 aromatic rings. The quantitative estimate of drug-likeness (QED) is 0.167. The van der Waals surface area contributed by atoms with E-state index in [1.807, 2.05) is 45.2 Å². The fourth-order valence-electron chi connectivity index (χ4n) is 3.44. The van der Waals surface area contributed by atoms with E-state index < -0.39 is 0 Å². The molecule has 0 bridgehead atoms. The second-order valence-electron chi connectivity index (χ2n) is 10.0. The summed E-state index contributed by atoms with van der Waals surface area (Å²) in [4.78, 5) is 29.5. The highest BCUT2D eigenvalue weighted by atomic mass is 35.5. The summed E-state index contributed by atoms with van der Waals surface area (Å²) < 4.78 is 1.75. The van der Waals surface area contributed by atoms with Crippen LogP contribution in [0.1, 0.15) is 77.2 Å². The third-order valence-electron chi connectivity index (χ3n) is 5.36. The normalized spacial score (nSPS) is 11.6. The molecule has 0 radical (unpaired) electrons. The number of hydrogen-bond donors (Lipinski definition) is 2. The van der Waals surface area contributed by atoms with Crippen molar-refractivity contribution in [2.75, 3.05) is 11.9 Å². The van der Waals surface area contributed by atoms with Crippen molar-refractivity contribution in [2.24, 2.45) is 0 Å². The molecule has 0 atom stereocenters. The number of carbonyl (C=O) groups is 2. The Labute approximate surface area is 258 Å². The largest absolute Gasteiger partial charge is 0.343 e. The fourth-order valence-corrected chi connectivity index (χ4v) is 5.25. The summed E-state index contributed by atoms with van der Waals surface area (Å²) in [6, 6.07) is 9.85. The molecule has 2 N–H and O–H groups in total. The Hall–Kier alpha value is -3.07. The van der Waals surface area contributed by atoms with E-state index in [4.69, 9.17) is 11.6 Å². The average Bonchev–Trinajstić information content (AvgIpc) is 3.53. The molecule has 3 rings (SSSR count). The number of benzene rings is 1. The van der Waals surface area contributed by atoms with Crippen molar-refractivity contribution in [3.63, 3.8) is 0 Å². The zero-order chi connectivity index (χ0) is 30.5. The summed E-state index contributed by atoms with van der Waals surface area (Å²) in [5, 5.41) is 8.58. The average molecular weight is 613 g/mol.